The fourth-order valence-corrected chi connectivity index (χ4v) is 3.07. The fraction of sp³-hybridized carbons (Fsp3) is 0.286. The molecule has 2 heterocycles. The van der Waals surface area contributed by atoms with Crippen LogP contribution in [0, 0.1) is 13.8 Å². The number of hydrogen-bond acceptors (Lipinski definition) is 4. The average molecular weight is 365 g/mol. The van der Waals surface area contributed by atoms with E-state index in [2.05, 4.69) is 11.4 Å². The Kier molecular flexibility index (Phi) is 5.54. The molecule has 140 valence electrons. The smallest absolute Gasteiger partial charge is 0.306 e. The number of nitrogens with zero attached hydrogens (tertiary/aromatic N) is 2. The van der Waals surface area contributed by atoms with Gasteiger partial charge in [0.05, 0.1) is 13.0 Å². The maximum atomic E-state index is 12.4. The van der Waals surface area contributed by atoms with Crippen LogP contribution in [0.4, 0.5) is 5.82 Å². The highest BCUT2D eigenvalue weighted by Gasteiger charge is 2.17. The number of rotatable bonds is 6. The second-order valence-corrected chi connectivity index (χ2v) is 6.47. The summed E-state index contributed by atoms with van der Waals surface area (Å²) < 4.78 is 6.72. The van der Waals surface area contributed by atoms with Gasteiger partial charge >= 0.3 is 5.97 Å². The minimum atomic E-state index is -0.375. The Labute approximate surface area is 158 Å². The number of benzene rings is 1. The molecule has 0 aliphatic carbocycles. The molecular weight excluding hydrogens is 342 g/mol. The molecule has 0 bridgehead atoms. The average Bonchev–Trinajstić information content (AvgIpc) is 2.98. The molecule has 0 saturated heterocycles. The van der Waals surface area contributed by atoms with Gasteiger partial charge in [-0.3, -0.25) is 14.0 Å². The lowest BCUT2D eigenvalue weighted by molar-refractivity contribution is -0.144. The number of anilines is 1. The van der Waals surface area contributed by atoms with Crippen molar-refractivity contribution in [2.75, 3.05) is 11.9 Å². The monoisotopic (exact) mass is 365 g/mol. The summed E-state index contributed by atoms with van der Waals surface area (Å²) in [6.07, 6.45) is 1.97. The number of aromatic nitrogens is 2. The molecule has 1 N–H and O–H groups in total. The van der Waals surface area contributed by atoms with Gasteiger partial charge in [-0.2, -0.15) is 0 Å². The van der Waals surface area contributed by atoms with E-state index in [0.717, 1.165) is 22.3 Å². The first-order valence-corrected chi connectivity index (χ1v) is 8.99. The molecule has 0 spiro atoms. The predicted octanol–water partition coefficient (Wildman–Crippen LogP) is 3.90. The second-order valence-electron chi connectivity index (χ2n) is 6.47. The Morgan fingerprint density at radius 2 is 1.85 bits per heavy atom. The third-order valence-corrected chi connectivity index (χ3v) is 4.14. The number of fused-ring (bicyclic) bond motifs is 1. The zero-order chi connectivity index (χ0) is 19.4. The lowest BCUT2D eigenvalue weighted by atomic mass is 10.0. The number of nitrogens with one attached hydrogen (secondary N) is 1. The van der Waals surface area contributed by atoms with E-state index in [9.17, 15) is 9.59 Å². The topological polar surface area (TPSA) is 72.7 Å². The quantitative estimate of drug-likeness (QED) is 0.673. The normalized spacial score (nSPS) is 10.8. The number of imidazole rings is 1. The Balaban J connectivity index is 1.93. The maximum Gasteiger partial charge on any atom is 0.306 e. The zero-order valence-corrected chi connectivity index (χ0v) is 15.8. The van der Waals surface area contributed by atoms with Crippen LogP contribution in [0.15, 0.2) is 42.6 Å². The van der Waals surface area contributed by atoms with Gasteiger partial charge in [-0.05, 0) is 45.0 Å². The number of aryl methyl sites for hydroxylation is 2. The van der Waals surface area contributed by atoms with Crippen molar-refractivity contribution in [2.24, 2.45) is 0 Å². The summed E-state index contributed by atoms with van der Waals surface area (Å²) >= 11 is 0. The Bertz CT molecular complexity index is 971. The van der Waals surface area contributed by atoms with Crippen molar-refractivity contribution in [3.05, 3.63) is 53.7 Å². The summed E-state index contributed by atoms with van der Waals surface area (Å²) in [5.41, 5.74) is 4.64. The van der Waals surface area contributed by atoms with Crippen LogP contribution in [0.5, 0.6) is 0 Å². The standard InChI is InChI=1S/C21H23N3O3/c1-4-27-19(26)9-8-18(25)23-21-20(16-12-14(2)11-15(3)13-16)22-17-7-5-6-10-24(17)21/h5-7,10-13H,4,8-9H2,1-3H3,(H,23,25). The van der Waals surface area contributed by atoms with E-state index in [0.29, 0.717) is 18.1 Å². The molecule has 0 radical (unpaired) electrons. The number of amides is 1. The van der Waals surface area contributed by atoms with E-state index in [1.807, 2.05) is 54.8 Å². The highest BCUT2D eigenvalue weighted by Crippen LogP contribution is 2.30. The minimum absolute atomic E-state index is 0.0509. The van der Waals surface area contributed by atoms with Crippen LogP contribution >= 0.6 is 0 Å². The van der Waals surface area contributed by atoms with Crippen LogP contribution in [0.3, 0.4) is 0 Å². The first-order chi connectivity index (χ1) is 13.0. The van der Waals surface area contributed by atoms with Crippen molar-refractivity contribution >= 4 is 23.3 Å². The van der Waals surface area contributed by atoms with Crippen molar-refractivity contribution in [3.63, 3.8) is 0 Å². The second kappa shape index (κ2) is 8.03. The Morgan fingerprint density at radius 1 is 1.11 bits per heavy atom. The number of hydrogen-bond donors (Lipinski definition) is 1. The van der Waals surface area contributed by atoms with Crippen LogP contribution in [-0.2, 0) is 14.3 Å². The van der Waals surface area contributed by atoms with E-state index in [1.165, 1.54) is 0 Å². The highest BCUT2D eigenvalue weighted by atomic mass is 16.5. The van der Waals surface area contributed by atoms with Crippen molar-refractivity contribution in [3.8, 4) is 11.3 Å². The van der Waals surface area contributed by atoms with E-state index in [1.54, 1.807) is 6.92 Å². The van der Waals surface area contributed by atoms with Gasteiger partial charge in [0.25, 0.3) is 0 Å². The molecule has 1 aromatic carbocycles. The van der Waals surface area contributed by atoms with Gasteiger partial charge in [-0.25, -0.2) is 4.98 Å². The van der Waals surface area contributed by atoms with Gasteiger partial charge < -0.3 is 10.1 Å². The predicted molar refractivity (Wildman–Crippen MR) is 105 cm³/mol. The van der Waals surface area contributed by atoms with E-state index in [4.69, 9.17) is 9.72 Å². The molecule has 0 aliphatic rings. The Morgan fingerprint density at radius 3 is 2.56 bits per heavy atom. The van der Waals surface area contributed by atoms with Gasteiger partial charge in [-0.1, -0.05) is 23.3 Å². The third kappa shape index (κ3) is 4.34. The Hall–Kier alpha value is -3.15. The molecule has 1 amide bonds. The molecule has 0 fully saturated rings. The molecule has 6 nitrogen and oxygen atoms in total. The zero-order valence-electron chi connectivity index (χ0n) is 15.8. The number of esters is 1. The van der Waals surface area contributed by atoms with Gasteiger partial charge in [0, 0.05) is 18.2 Å². The van der Waals surface area contributed by atoms with Crippen molar-refractivity contribution in [1.82, 2.24) is 9.38 Å². The lowest BCUT2D eigenvalue weighted by Gasteiger charge is -2.09. The summed E-state index contributed by atoms with van der Waals surface area (Å²) in [6, 6.07) is 11.9. The maximum absolute atomic E-state index is 12.4. The molecule has 3 rings (SSSR count). The molecular formula is C21H23N3O3. The van der Waals surface area contributed by atoms with Gasteiger partial charge in [0.15, 0.2) is 0 Å². The molecule has 2 aromatic heterocycles. The summed E-state index contributed by atoms with van der Waals surface area (Å²) in [5.74, 6) is -0.0240. The van der Waals surface area contributed by atoms with Gasteiger partial charge in [0.1, 0.15) is 17.2 Å². The van der Waals surface area contributed by atoms with Crippen LogP contribution in [0.1, 0.15) is 30.9 Å². The molecule has 0 aliphatic heterocycles. The molecule has 6 heteroatoms. The van der Waals surface area contributed by atoms with Crippen molar-refractivity contribution in [2.45, 2.75) is 33.6 Å². The molecule has 3 aromatic rings. The van der Waals surface area contributed by atoms with Gasteiger partial charge in [-0.15, -0.1) is 0 Å². The minimum Gasteiger partial charge on any atom is -0.466 e. The summed E-state index contributed by atoms with van der Waals surface area (Å²) in [7, 11) is 0. The van der Waals surface area contributed by atoms with Gasteiger partial charge in [0.2, 0.25) is 5.91 Å². The number of carbonyl (C=O) groups excluding carboxylic acids is 2. The number of ether oxygens (including phenoxy) is 1. The fourth-order valence-electron chi connectivity index (χ4n) is 3.07. The summed E-state index contributed by atoms with van der Waals surface area (Å²) in [4.78, 5) is 28.6. The van der Waals surface area contributed by atoms with Crippen LogP contribution < -0.4 is 5.32 Å². The SMILES string of the molecule is CCOC(=O)CCC(=O)Nc1c(-c2cc(C)cc(C)c2)nc2ccccn12. The number of pyridine rings is 1. The number of carbonyl (C=O) groups is 2. The third-order valence-electron chi connectivity index (χ3n) is 4.14. The van der Waals surface area contributed by atoms with Crippen molar-refractivity contribution in [1.29, 1.82) is 0 Å². The lowest BCUT2D eigenvalue weighted by Crippen LogP contribution is -2.16. The largest absolute Gasteiger partial charge is 0.466 e. The first kappa shape index (κ1) is 18.6. The first-order valence-electron chi connectivity index (χ1n) is 8.99. The summed E-state index contributed by atoms with van der Waals surface area (Å²) in [5, 5.41) is 2.92. The van der Waals surface area contributed by atoms with E-state index < -0.39 is 0 Å². The molecule has 27 heavy (non-hydrogen) atoms. The molecule has 0 saturated carbocycles. The summed E-state index contributed by atoms with van der Waals surface area (Å²) in [6.45, 7) is 6.12. The molecule has 0 atom stereocenters. The van der Waals surface area contributed by atoms with Crippen LogP contribution in [-0.4, -0.2) is 27.9 Å². The van der Waals surface area contributed by atoms with Crippen LogP contribution in [0.2, 0.25) is 0 Å². The van der Waals surface area contributed by atoms with E-state index >= 15 is 0 Å². The highest BCUT2D eigenvalue weighted by molar-refractivity contribution is 5.96. The van der Waals surface area contributed by atoms with Crippen LogP contribution in [0.25, 0.3) is 16.9 Å². The molecule has 0 unspecified atom stereocenters. The van der Waals surface area contributed by atoms with E-state index in [-0.39, 0.29) is 24.7 Å². The van der Waals surface area contributed by atoms with Crippen molar-refractivity contribution < 1.29 is 14.3 Å².